The Morgan fingerprint density at radius 3 is 2.68 bits per heavy atom. The Morgan fingerprint density at radius 2 is 1.91 bits per heavy atom. The standard InChI is InChI=1S/C16H21N3O2S/c1-12-7-8-14(10-13(12)2)11-22(20,21)16-18-17-15-6-4-3-5-9-19(15)16/h7-8,10H,3-6,9,11H2,1-2H3. The van der Waals surface area contributed by atoms with Crippen LogP contribution in [-0.2, 0) is 28.6 Å². The molecule has 0 aliphatic carbocycles. The van der Waals surface area contributed by atoms with Gasteiger partial charge in [0.05, 0.1) is 5.75 Å². The van der Waals surface area contributed by atoms with Crippen LogP contribution in [0, 0.1) is 13.8 Å². The molecule has 0 saturated heterocycles. The lowest BCUT2D eigenvalue weighted by atomic mass is 10.1. The van der Waals surface area contributed by atoms with E-state index in [-0.39, 0.29) is 10.9 Å². The average Bonchev–Trinajstić information content (AvgIpc) is 2.73. The molecule has 2 heterocycles. The van der Waals surface area contributed by atoms with Gasteiger partial charge in [0.1, 0.15) is 5.82 Å². The molecular formula is C16H21N3O2S. The van der Waals surface area contributed by atoms with Gasteiger partial charge in [-0.3, -0.25) is 0 Å². The third kappa shape index (κ3) is 2.92. The Balaban J connectivity index is 1.93. The van der Waals surface area contributed by atoms with E-state index in [9.17, 15) is 8.42 Å². The molecule has 0 bridgehead atoms. The summed E-state index contributed by atoms with van der Waals surface area (Å²) in [6.07, 6.45) is 3.96. The molecule has 0 fully saturated rings. The normalized spacial score (nSPS) is 15.4. The lowest BCUT2D eigenvalue weighted by Crippen LogP contribution is -2.14. The summed E-state index contributed by atoms with van der Waals surface area (Å²) in [4.78, 5) is 0. The monoisotopic (exact) mass is 319 g/mol. The van der Waals surface area contributed by atoms with Gasteiger partial charge < -0.3 is 4.57 Å². The van der Waals surface area contributed by atoms with Crippen LogP contribution in [0.2, 0.25) is 0 Å². The van der Waals surface area contributed by atoms with Crippen molar-refractivity contribution in [3.05, 3.63) is 40.7 Å². The first kappa shape index (κ1) is 15.2. The second-order valence-corrected chi connectivity index (χ2v) is 7.92. The van der Waals surface area contributed by atoms with E-state index >= 15 is 0 Å². The van der Waals surface area contributed by atoms with Crippen LogP contribution in [-0.4, -0.2) is 23.2 Å². The molecule has 0 spiro atoms. The molecule has 0 saturated carbocycles. The lowest BCUT2D eigenvalue weighted by molar-refractivity contribution is 0.546. The Morgan fingerprint density at radius 1 is 1.09 bits per heavy atom. The molecule has 3 rings (SSSR count). The average molecular weight is 319 g/mol. The number of sulfone groups is 1. The topological polar surface area (TPSA) is 64.8 Å². The summed E-state index contributed by atoms with van der Waals surface area (Å²) in [7, 11) is -3.47. The summed E-state index contributed by atoms with van der Waals surface area (Å²) in [6, 6.07) is 5.77. The Hall–Kier alpha value is -1.69. The summed E-state index contributed by atoms with van der Waals surface area (Å²) in [5, 5.41) is 8.19. The Bertz CT molecular complexity index is 794. The van der Waals surface area contributed by atoms with Crippen LogP contribution in [0.3, 0.4) is 0 Å². The molecule has 0 atom stereocenters. The minimum Gasteiger partial charge on any atom is -0.302 e. The second kappa shape index (κ2) is 5.83. The molecule has 118 valence electrons. The lowest BCUT2D eigenvalue weighted by Gasteiger charge is -2.09. The quantitative estimate of drug-likeness (QED) is 0.872. The first-order chi connectivity index (χ1) is 10.5. The van der Waals surface area contributed by atoms with E-state index < -0.39 is 9.84 Å². The maximum absolute atomic E-state index is 12.7. The number of aromatic nitrogens is 3. The van der Waals surface area contributed by atoms with E-state index in [0.717, 1.165) is 48.2 Å². The van der Waals surface area contributed by atoms with E-state index in [4.69, 9.17) is 0 Å². The van der Waals surface area contributed by atoms with Crippen LogP contribution in [0.1, 0.15) is 41.8 Å². The molecule has 0 radical (unpaired) electrons. The zero-order valence-corrected chi connectivity index (χ0v) is 13.9. The van der Waals surface area contributed by atoms with Crippen molar-refractivity contribution in [1.82, 2.24) is 14.8 Å². The van der Waals surface area contributed by atoms with Crippen LogP contribution in [0.25, 0.3) is 0 Å². The molecule has 5 nitrogen and oxygen atoms in total. The third-order valence-corrected chi connectivity index (χ3v) is 5.85. The Labute approximate surface area is 131 Å². The molecule has 2 aromatic rings. The number of benzene rings is 1. The van der Waals surface area contributed by atoms with Gasteiger partial charge in [-0.1, -0.05) is 24.6 Å². The summed E-state index contributed by atoms with van der Waals surface area (Å²) >= 11 is 0. The zero-order valence-electron chi connectivity index (χ0n) is 13.0. The van der Waals surface area contributed by atoms with Crippen LogP contribution in [0.4, 0.5) is 0 Å². The van der Waals surface area contributed by atoms with Gasteiger partial charge in [-0.05, 0) is 43.4 Å². The van der Waals surface area contributed by atoms with Gasteiger partial charge in [0.15, 0.2) is 0 Å². The van der Waals surface area contributed by atoms with Gasteiger partial charge in [0.25, 0.3) is 0 Å². The van der Waals surface area contributed by atoms with Crippen molar-refractivity contribution in [2.24, 2.45) is 0 Å². The van der Waals surface area contributed by atoms with Crippen LogP contribution >= 0.6 is 0 Å². The van der Waals surface area contributed by atoms with E-state index in [1.165, 1.54) is 0 Å². The minimum absolute atomic E-state index is 0.0216. The predicted octanol–water partition coefficient (Wildman–Crippen LogP) is 2.60. The molecule has 1 aromatic carbocycles. The Kier molecular flexibility index (Phi) is 4.04. The molecule has 0 N–H and O–H groups in total. The van der Waals surface area contributed by atoms with Crippen LogP contribution < -0.4 is 0 Å². The van der Waals surface area contributed by atoms with Gasteiger partial charge in [-0.15, -0.1) is 10.2 Å². The van der Waals surface area contributed by atoms with E-state index in [1.54, 1.807) is 4.57 Å². The van der Waals surface area contributed by atoms with Gasteiger partial charge in [0, 0.05) is 13.0 Å². The van der Waals surface area contributed by atoms with E-state index in [2.05, 4.69) is 10.2 Å². The molecular weight excluding hydrogens is 298 g/mol. The first-order valence-corrected chi connectivity index (χ1v) is 9.33. The molecule has 0 unspecified atom stereocenters. The molecule has 22 heavy (non-hydrogen) atoms. The van der Waals surface area contributed by atoms with Crippen molar-refractivity contribution in [1.29, 1.82) is 0 Å². The zero-order chi connectivity index (χ0) is 15.7. The second-order valence-electron chi connectivity index (χ2n) is 6.04. The fraction of sp³-hybridized carbons (Fsp3) is 0.500. The van der Waals surface area contributed by atoms with Crippen molar-refractivity contribution in [2.45, 2.75) is 57.0 Å². The predicted molar refractivity (Wildman–Crippen MR) is 84.4 cm³/mol. The molecule has 1 aliphatic heterocycles. The van der Waals surface area contributed by atoms with E-state index in [1.807, 2.05) is 32.0 Å². The maximum atomic E-state index is 12.7. The van der Waals surface area contributed by atoms with E-state index in [0.29, 0.717) is 6.54 Å². The fourth-order valence-corrected chi connectivity index (χ4v) is 4.31. The highest BCUT2D eigenvalue weighted by Crippen LogP contribution is 2.21. The smallest absolute Gasteiger partial charge is 0.250 e. The van der Waals surface area contributed by atoms with Crippen LogP contribution in [0.15, 0.2) is 23.4 Å². The molecule has 6 heteroatoms. The number of hydrogen-bond acceptors (Lipinski definition) is 4. The number of aryl methyl sites for hydroxylation is 3. The number of nitrogens with zero attached hydrogens (tertiary/aromatic N) is 3. The minimum atomic E-state index is -3.47. The summed E-state index contributed by atoms with van der Waals surface area (Å²) < 4.78 is 27.2. The maximum Gasteiger partial charge on any atom is 0.250 e. The van der Waals surface area contributed by atoms with Gasteiger partial charge in [-0.25, -0.2) is 8.42 Å². The van der Waals surface area contributed by atoms with Crippen molar-refractivity contribution in [2.75, 3.05) is 0 Å². The number of rotatable bonds is 3. The van der Waals surface area contributed by atoms with Crippen molar-refractivity contribution < 1.29 is 8.42 Å². The van der Waals surface area contributed by atoms with Gasteiger partial charge >= 0.3 is 0 Å². The SMILES string of the molecule is Cc1ccc(CS(=O)(=O)c2nnc3n2CCCCC3)cc1C. The summed E-state index contributed by atoms with van der Waals surface area (Å²) in [5.41, 5.74) is 3.07. The van der Waals surface area contributed by atoms with Crippen LogP contribution in [0.5, 0.6) is 0 Å². The van der Waals surface area contributed by atoms with Gasteiger partial charge in [0.2, 0.25) is 15.0 Å². The molecule has 1 aliphatic rings. The largest absolute Gasteiger partial charge is 0.302 e. The summed E-state index contributed by atoms with van der Waals surface area (Å²) in [5.74, 6) is 0.780. The van der Waals surface area contributed by atoms with Crippen molar-refractivity contribution in [3.63, 3.8) is 0 Å². The highest BCUT2D eigenvalue weighted by molar-refractivity contribution is 7.90. The fourth-order valence-electron chi connectivity index (χ4n) is 2.87. The highest BCUT2D eigenvalue weighted by Gasteiger charge is 2.25. The summed E-state index contributed by atoms with van der Waals surface area (Å²) in [6.45, 7) is 4.71. The molecule has 0 amide bonds. The third-order valence-electron chi connectivity index (χ3n) is 4.28. The van der Waals surface area contributed by atoms with Crippen molar-refractivity contribution >= 4 is 9.84 Å². The molecule has 1 aromatic heterocycles. The first-order valence-electron chi connectivity index (χ1n) is 7.68. The highest BCUT2D eigenvalue weighted by atomic mass is 32.2. The van der Waals surface area contributed by atoms with Crippen molar-refractivity contribution in [3.8, 4) is 0 Å². The van der Waals surface area contributed by atoms with Gasteiger partial charge in [-0.2, -0.15) is 0 Å². The number of fused-ring (bicyclic) bond motifs is 1. The number of hydrogen-bond donors (Lipinski definition) is 0.